The molecule has 0 saturated carbocycles. The number of carbonyl (C=O) groups is 3. The number of rotatable bonds is 13. The number of hydrogen-bond donors (Lipinski definition) is 3. The highest BCUT2D eigenvalue weighted by atomic mass is 16.6. The molecule has 0 radical (unpaired) electrons. The van der Waals surface area contributed by atoms with Crippen molar-refractivity contribution in [2.75, 3.05) is 32.5 Å². The first-order valence-corrected chi connectivity index (χ1v) is 16.9. The van der Waals surface area contributed by atoms with Crippen molar-refractivity contribution >= 4 is 34.6 Å². The van der Waals surface area contributed by atoms with Gasteiger partial charge in [-0.25, -0.2) is 9.59 Å². The van der Waals surface area contributed by atoms with Crippen LogP contribution >= 0.6 is 0 Å². The van der Waals surface area contributed by atoms with Crippen LogP contribution in [-0.4, -0.2) is 61.8 Å². The van der Waals surface area contributed by atoms with E-state index in [0.717, 1.165) is 46.8 Å². The molecular weight excluding hydrogens is 628 g/mol. The molecule has 50 heavy (non-hydrogen) atoms. The number of fused-ring (bicyclic) bond motifs is 1. The number of ether oxygens (including phenoxy) is 2. The topological polar surface area (TPSA) is 109 Å². The van der Waals surface area contributed by atoms with Crippen LogP contribution in [0.4, 0.5) is 15.3 Å². The first-order chi connectivity index (χ1) is 24.0. The molecule has 0 bridgehead atoms. The van der Waals surface area contributed by atoms with Crippen LogP contribution in [0.3, 0.4) is 0 Å². The van der Waals surface area contributed by atoms with E-state index in [9.17, 15) is 14.4 Å². The number of aryl methyl sites for hydroxylation is 1. The van der Waals surface area contributed by atoms with E-state index < -0.39 is 23.8 Å². The third-order valence-corrected chi connectivity index (χ3v) is 7.69. The zero-order chi connectivity index (χ0) is 35.9. The summed E-state index contributed by atoms with van der Waals surface area (Å²) in [7, 11) is 4.12. The number of nitrogens with one attached hydrogen (secondary N) is 3. The van der Waals surface area contributed by atoms with Gasteiger partial charge in [-0.2, -0.15) is 0 Å². The molecule has 4 aromatic rings. The van der Waals surface area contributed by atoms with Gasteiger partial charge in [0, 0.05) is 30.6 Å². The summed E-state index contributed by atoms with van der Waals surface area (Å²) in [6.45, 7) is 6.90. The van der Waals surface area contributed by atoms with Gasteiger partial charge >= 0.3 is 12.2 Å². The minimum Gasteiger partial charge on any atom is -0.445 e. The van der Waals surface area contributed by atoms with Crippen molar-refractivity contribution in [2.45, 2.75) is 64.7 Å². The molecule has 0 saturated heterocycles. The Labute approximate surface area is 295 Å². The summed E-state index contributed by atoms with van der Waals surface area (Å²) in [5.74, 6) is 6.01. The number of carbonyl (C=O) groups excluding carboxylic acids is 3. The second-order valence-electron chi connectivity index (χ2n) is 13.4. The Hall–Kier alpha value is -5.33. The lowest BCUT2D eigenvalue weighted by Crippen LogP contribution is -2.47. The summed E-state index contributed by atoms with van der Waals surface area (Å²) < 4.78 is 10.8. The fourth-order valence-corrected chi connectivity index (χ4v) is 5.27. The molecule has 1 atom stereocenters. The molecule has 0 aliphatic carbocycles. The van der Waals surface area contributed by atoms with Crippen LogP contribution < -0.4 is 16.0 Å². The first-order valence-electron chi connectivity index (χ1n) is 16.9. The number of benzene rings is 4. The Bertz CT molecular complexity index is 1790. The number of amides is 3. The molecule has 0 aromatic heterocycles. The van der Waals surface area contributed by atoms with Crippen LogP contribution in [-0.2, 0) is 33.7 Å². The molecule has 0 heterocycles. The molecular formula is C41H48N4O5. The molecule has 4 rings (SSSR count). The van der Waals surface area contributed by atoms with Gasteiger partial charge in [-0.05, 0) is 99.9 Å². The Balaban J connectivity index is 1.43. The van der Waals surface area contributed by atoms with Crippen molar-refractivity contribution in [1.82, 2.24) is 15.5 Å². The van der Waals surface area contributed by atoms with Gasteiger partial charge in [0.2, 0.25) is 5.91 Å². The second-order valence-corrected chi connectivity index (χ2v) is 13.4. The number of anilines is 1. The van der Waals surface area contributed by atoms with Crippen LogP contribution in [0.5, 0.6) is 0 Å². The largest absolute Gasteiger partial charge is 0.445 e. The average molecular weight is 677 g/mol. The number of hydrogen-bond acceptors (Lipinski definition) is 6. The molecule has 0 aliphatic heterocycles. The SMILES string of the molecule is CN(C)CCCc1ccc(NC(=O)[C@H](Cc2ccc(C#CCCNC(=O)OCc3ccccc3)c3ccccc23)NC(=O)OC(C)(C)C)cc1. The average Bonchev–Trinajstić information content (AvgIpc) is 3.08. The maximum Gasteiger partial charge on any atom is 0.408 e. The number of nitrogens with zero attached hydrogens (tertiary/aromatic N) is 1. The Morgan fingerprint density at radius 1 is 0.820 bits per heavy atom. The minimum atomic E-state index is -0.905. The Kier molecular flexibility index (Phi) is 13.8. The smallest absolute Gasteiger partial charge is 0.408 e. The predicted molar refractivity (Wildman–Crippen MR) is 199 cm³/mol. The second kappa shape index (κ2) is 18.4. The van der Waals surface area contributed by atoms with Gasteiger partial charge in [-0.15, -0.1) is 0 Å². The van der Waals surface area contributed by atoms with Gasteiger partial charge in [0.1, 0.15) is 18.2 Å². The zero-order valence-electron chi connectivity index (χ0n) is 29.7. The van der Waals surface area contributed by atoms with Crippen LogP contribution in [0.1, 0.15) is 55.9 Å². The van der Waals surface area contributed by atoms with Crippen molar-refractivity contribution in [3.05, 3.63) is 113 Å². The normalized spacial score (nSPS) is 11.6. The standard InChI is InChI=1S/C41H48N4O5/c1-41(2,3)50-40(48)44-37(38(46)43-34-24-20-30(21-25-34)16-13-27-45(4)5)28-33-23-22-32(35-18-9-10-19-36(33)35)17-11-12-26-42-39(47)49-29-31-14-7-6-8-15-31/h6-10,14-15,18-25,37H,12-13,16,26-29H2,1-5H3,(H,42,47)(H,43,46)(H,44,48)/t37-/m0/s1. The monoisotopic (exact) mass is 676 g/mol. The predicted octanol–water partition coefficient (Wildman–Crippen LogP) is 7.08. The fourth-order valence-electron chi connectivity index (χ4n) is 5.27. The summed E-state index contributed by atoms with van der Waals surface area (Å²) in [5.41, 5.74) is 3.74. The minimum absolute atomic E-state index is 0.205. The van der Waals surface area contributed by atoms with E-state index in [2.05, 4.69) is 46.8 Å². The third kappa shape index (κ3) is 12.6. The lowest BCUT2D eigenvalue weighted by molar-refractivity contribution is -0.118. The molecule has 262 valence electrons. The van der Waals surface area contributed by atoms with Gasteiger partial charge in [0.25, 0.3) is 0 Å². The Morgan fingerprint density at radius 3 is 2.22 bits per heavy atom. The van der Waals surface area contributed by atoms with Crippen LogP contribution in [0.25, 0.3) is 10.8 Å². The van der Waals surface area contributed by atoms with Crippen molar-refractivity contribution in [3.8, 4) is 11.8 Å². The molecule has 0 aliphatic rings. The van der Waals surface area contributed by atoms with Gasteiger partial charge in [0.15, 0.2) is 0 Å². The lowest BCUT2D eigenvalue weighted by atomic mass is 9.95. The highest BCUT2D eigenvalue weighted by Crippen LogP contribution is 2.24. The van der Waals surface area contributed by atoms with E-state index in [0.29, 0.717) is 18.7 Å². The lowest BCUT2D eigenvalue weighted by Gasteiger charge is -2.24. The van der Waals surface area contributed by atoms with E-state index in [4.69, 9.17) is 9.47 Å². The van der Waals surface area contributed by atoms with E-state index in [1.165, 1.54) is 5.56 Å². The first kappa shape index (κ1) is 37.5. The molecule has 0 unspecified atom stereocenters. The Morgan fingerprint density at radius 2 is 1.52 bits per heavy atom. The third-order valence-electron chi connectivity index (χ3n) is 7.69. The maximum atomic E-state index is 13.7. The van der Waals surface area contributed by atoms with Crippen LogP contribution in [0, 0.1) is 11.8 Å². The summed E-state index contributed by atoms with van der Waals surface area (Å²) in [6, 6.07) is 28.1. The van der Waals surface area contributed by atoms with Gasteiger partial charge in [0.05, 0.1) is 0 Å². The zero-order valence-corrected chi connectivity index (χ0v) is 29.7. The van der Waals surface area contributed by atoms with Gasteiger partial charge < -0.3 is 30.3 Å². The van der Waals surface area contributed by atoms with E-state index >= 15 is 0 Å². The summed E-state index contributed by atoms with van der Waals surface area (Å²) in [5, 5.41) is 10.4. The highest BCUT2D eigenvalue weighted by Gasteiger charge is 2.26. The van der Waals surface area contributed by atoms with Gasteiger partial charge in [-0.1, -0.05) is 84.6 Å². The highest BCUT2D eigenvalue weighted by molar-refractivity contribution is 5.98. The molecule has 0 spiro atoms. The molecule has 0 fully saturated rings. The van der Waals surface area contributed by atoms with E-state index in [-0.39, 0.29) is 18.9 Å². The summed E-state index contributed by atoms with van der Waals surface area (Å²) in [6.07, 6.45) is 1.51. The van der Waals surface area contributed by atoms with Crippen LogP contribution in [0.2, 0.25) is 0 Å². The summed E-state index contributed by atoms with van der Waals surface area (Å²) in [4.78, 5) is 40.8. The van der Waals surface area contributed by atoms with Crippen molar-refractivity contribution in [3.63, 3.8) is 0 Å². The quantitative estimate of drug-likeness (QED) is 0.103. The summed E-state index contributed by atoms with van der Waals surface area (Å²) >= 11 is 0. The fraction of sp³-hybridized carbons (Fsp3) is 0.341. The van der Waals surface area contributed by atoms with Crippen molar-refractivity contribution < 1.29 is 23.9 Å². The molecule has 3 N–H and O–H groups in total. The molecule has 4 aromatic carbocycles. The van der Waals surface area contributed by atoms with Crippen molar-refractivity contribution in [1.29, 1.82) is 0 Å². The number of alkyl carbamates (subject to hydrolysis) is 2. The van der Waals surface area contributed by atoms with Crippen LogP contribution in [0.15, 0.2) is 91.0 Å². The van der Waals surface area contributed by atoms with Gasteiger partial charge in [-0.3, -0.25) is 4.79 Å². The molecule has 3 amide bonds. The maximum absolute atomic E-state index is 13.7. The molecule has 9 heteroatoms. The molecule has 9 nitrogen and oxygen atoms in total. The van der Waals surface area contributed by atoms with E-state index in [1.807, 2.05) is 91.0 Å². The van der Waals surface area contributed by atoms with Crippen molar-refractivity contribution in [2.24, 2.45) is 0 Å². The van der Waals surface area contributed by atoms with E-state index in [1.54, 1.807) is 20.8 Å².